The first-order valence-corrected chi connectivity index (χ1v) is 7.56. The van der Waals surface area contributed by atoms with E-state index in [9.17, 15) is 0 Å². The minimum Gasteiger partial charge on any atom is -0.303 e. The molecule has 2 rings (SSSR count). The molecule has 0 heterocycles. The standard InChI is InChI=1S/C17H20BrN/c1-3-17(15-9-11-16(18)12-10-15)19-13(2)14-7-5-4-6-8-14/h4-13,17,19H,3H2,1-2H3/t13-,17?/m1/s1. The van der Waals surface area contributed by atoms with Gasteiger partial charge >= 0.3 is 0 Å². The van der Waals surface area contributed by atoms with E-state index in [1.165, 1.54) is 11.1 Å². The van der Waals surface area contributed by atoms with Gasteiger partial charge < -0.3 is 5.32 Å². The SMILES string of the molecule is CCC(N[C@H](C)c1ccccc1)c1ccc(Br)cc1. The van der Waals surface area contributed by atoms with E-state index in [-0.39, 0.29) is 0 Å². The van der Waals surface area contributed by atoms with Crippen LogP contribution in [0.3, 0.4) is 0 Å². The fraction of sp³-hybridized carbons (Fsp3) is 0.294. The predicted octanol–water partition coefficient (Wildman–Crippen LogP) is 5.25. The third kappa shape index (κ3) is 3.92. The first-order chi connectivity index (χ1) is 9.20. The summed E-state index contributed by atoms with van der Waals surface area (Å²) >= 11 is 3.48. The van der Waals surface area contributed by atoms with Crippen molar-refractivity contribution in [2.24, 2.45) is 0 Å². The van der Waals surface area contributed by atoms with Crippen molar-refractivity contribution in [3.63, 3.8) is 0 Å². The van der Waals surface area contributed by atoms with Gasteiger partial charge in [0.05, 0.1) is 0 Å². The van der Waals surface area contributed by atoms with Crippen molar-refractivity contribution in [1.29, 1.82) is 0 Å². The lowest BCUT2D eigenvalue weighted by molar-refractivity contribution is 0.456. The summed E-state index contributed by atoms with van der Waals surface area (Å²) in [6.45, 7) is 4.44. The molecule has 0 aromatic heterocycles. The van der Waals surface area contributed by atoms with Crippen LogP contribution in [-0.2, 0) is 0 Å². The number of hydrogen-bond donors (Lipinski definition) is 1. The zero-order valence-corrected chi connectivity index (χ0v) is 13.0. The molecule has 2 heteroatoms. The van der Waals surface area contributed by atoms with E-state index < -0.39 is 0 Å². The Bertz CT molecular complexity index is 492. The summed E-state index contributed by atoms with van der Waals surface area (Å²) in [7, 11) is 0. The van der Waals surface area contributed by atoms with Crippen LogP contribution in [0.1, 0.15) is 43.5 Å². The number of halogens is 1. The van der Waals surface area contributed by atoms with E-state index in [4.69, 9.17) is 0 Å². The molecular weight excluding hydrogens is 298 g/mol. The van der Waals surface area contributed by atoms with E-state index in [2.05, 4.69) is 89.7 Å². The van der Waals surface area contributed by atoms with Crippen molar-refractivity contribution in [2.75, 3.05) is 0 Å². The van der Waals surface area contributed by atoms with Crippen molar-refractivity contribution in [3.05, 3.63) is 70.2 Å². The lowest BCUT2D eigenvalue weighted by atomic mass is 10.0. The Labute approximate surface area is 124 Å². The third-order valence-corrected chi connectivity index (χ3v) is 3.96. The topological polar surface area (TPSA) is 12.0 Å². The van der Waals surface area contributed by atoms with Gasteiger partial charge in [0.1, 0.15) is 0 Å². The summed E-state index contributed by atoms with van der Waals surface area (Å²) in [5, 5.41) is 3.70. The van der Waals surface area contributed by atoms with Gasteiger partial charge in [0.15, 0.2) is 0 Å². The molecule has 0 saturated heterocycles. The van der Waals surface area contributed by atoms with E-state index in [1.54, 1.807) is 0 Å². The van der Waals surface area contributed by atoms with Gasteiger partial charge in [0, 0.05) is 16.6 Å². The molecule has 2 aromatic rings. The summed E-state index contributed by atoms with van der Waals surface area (Å²) < 4.78 is 1.13. The van der Waals surface area contributed by atoms with Gasteiger partial charge in [-0.1, -0.05) is 65.3 Å². The Hall–Kier alpha value is -1.12. The van der Waals surface area contributed by atoms with E-state index in [0.717, 1.165) is 10.9 Å². The van der Waals surface area contributed by atoms with Crippen LogP contribution in [0.25, 0.3) is 0 Å². The highest BCUT2D eigenvalue weighted by molar-refractivity contribution is 9.10. The van der Waals surface area contributed by atoms with Crippen molar-refractivity contribution in [1.82, 2.24) is 5.32 Å². The lowest BCUT2D eigenvalue weighted by Crippen LogP contribution is -2.24. The average molecular weight is 318 g/mol. The quantitative estimate of drug-likeness (QED) is 0.794. The largest absolute Gasteiger partial charge is 0.303 e. The predicted molar refractivity (Wildman–Crippen MR) is 85.2 cm³/mol. The Morgan fingerprint density at radius 3 is 2.16 bits per heavy atom. The highest BCUT2D eigenvalue weighted by Crippen LogP contribution is 2.23. The second-order valence-corrected chi connectivity index (χ2v) is 5.73. The maximum Gasteiger partial charge on any atom is 0.0323 e. The van der Waals surface area contributed by atoms with Crippen LogP contribution in [0.5, 0.6) is 0 Å². The van der Waals surface area contributed by atoms with E-state index in [1.807, 2.05) is 0 Å². The average Bonchev–Trinajstić information content (AvgIpc) is 2.46. The van der Waals surface area contributed by atoms with Crippen molar-refractivity contribution >= 4 is 15.9 Å². The molecular formula is C17H20BrN. The van der Waals surface area contributed by atoms with Gasteiger partial charge in [-0.3, -0.25) is 0 Å². The van der Waals surface area contributed by atoms with Gasteiger partial charge in [-0.15, -0.1) is 0 Å². The van der Waals surface area contributed by atoms with Crippen LogP contribution in [0.15, 0.2) is 59.1 Å². The van der Waals surface area contributed by atoms with Crippen LogP contribution >= 0.6 is 15.9 Å². The molecule has 100 valence electrons. The minimum absolute atomic E-state index is 0.356. The molecule has 1 unspecified atom stereocenters. The van der Waals surface area contributed by atoms with Crippen molar-refractivity contribution in [3.8, 4) is 0 Å². The first kappa shape index (κ1) is 14.3. The number of nitrogens with one attached hydrogen (secondary N) is 1. The molecule has 0 spiro atoms. The van der Waals surface area contributed by atoms with Crippen LogP contribution in [0.2, 0.25) is 0 Å². The Kier molecular flexibility index (Phi) is 5.17. The fourth-order valence-electron chi connectivity index (χ4n) is 2.28. The van der Waals surface area contributed by atoms with Crippen molar-refractivity contribution in [2.45, 2.75) is 32.4 Å². The maximum atomic E-state index is 3.70. The molecule has 19 heavy (non-hydrogen) atoms. The van der Waals surface area contributed by atoms with Gasteiger partial charge in [-0.2, -0.15) is 0 Å². The number of benzene rings is 2. The molecule has 0 aliphatic carbocycles. The van der Waals surface area contributed by atoms with E-state index in [0.29, 0.717) is 12.1 Å². The second-order valence-electron chi connectivity index (χ2n) is 4.81. The molecule has 1 nitrogen and oxygen atoms in total. The second kappa shape index (κ2) is 6.88. The monoisotopic (exact) mass is 317 g/mol. The van der Waals surface area contributed by atoms with Gasteiger partial charge in [0.25, 0.3) is 0 Å². The first-order valence-electron chi connectivity index (χ1n) is 6.77. The van der Waals surface area contributed by atoms with E-state index >= 15 is 0 Å². The number of hydrogen-bond acceptors (Lipinski definition) is 1. The highest BCUT2D eigenvalue weighted by Gasteiger charge is 2.13. The Morgan fingerprint density at radius 1 is 0.947 bits per heavy atom. The summed E-state index contributed by atoms with van der Waals surface area (Å²) in [5.41, 5.74) is 2.67. The third-order valence-electron chi connectivity index (χ3n) is 3.43. The molecule has 0 bridgehead atoms. The highest BCUT2D eigenvalue weighted by atomic mass is 79.9. The molecule has 0 amide bonds. The molecule has 2 atom stereocenters. The lowest BCUT2D eigenvalue weighted by Gasteiger charge is -2.23. The maximum absolute atomic E-state index is 3.70. The summed E-state index contributed by atoms with van der Waals surface area (Å²) in [4.78, 5) is 0. The zero-order valence-electron chi connectivity index (χ0n) is 11.4. The minimum atomic E-state index is 0.356. The van der Waals surface area contributed by atoms with Crippen LogP contribution < -0.4 is 5.32 Å². The molecule has 0 radical (unpaired) electrons. The summed E-state index contributed by atoms with van der Waals surface area (Å²) in [5.74, 6) is 0. The normalized spacial score (nSPS) is 14.1. The van der Waals surface area contributed by atoms with Gasteiger partial charge in [-0.05, 0) is 36.6 Å². The molecule has 1 N–H and O–H groups in total. The Morgan fingerprint density at radius 2 is 1.58 bits per heavy atom. The van der Waals surface area contributed by atoms with Crippen LogP contribution in [-0.4, -0.2) is 0 Å². The number of rotatable bonds is 5. The van der Waals surface area contributed by atoms with Crippen LogP contribution in [0, 0.1) is 0 Å². The zero-order chi connectivity index (χ0) is 13.7. The van der Waals surface area contributed by atoms with Crippen LogP contribution in [0.4, 0.5) is 0 Å². The molecule has 0 saturated carbocycles. The van der Waals surface area contributed by atoms with Gasteiger partial charge in [0.2, 0.25) is 0 Å². The molecule has 0 aliphatic heterocycles. The fourth-order valence-corrected chi connectivity index (χ4v) is 2.55. The van der Waals surface area contributed by atoms with Gasteiger partial charge in [-0.25, -0.2) is 0 Å². The summed E-state index contributed by atoms with van der Waals surface area (Å²) in [6, 6.07) is 19.9. The Balaban J connectivity index is 2.09. The molecule has 0 fully saturated rings. The van der Waals surface area contributed by atoms with Crippen molar-refractivity contribution < 1.29 is 0 Å². The molecule has 2 aromatic carbocycles. The molecule has 0 aliphatic rings. The summed E-state index contributed by atoms with van der Waals surface area (Å²) in [6.07, 6.45) is 1.08. The smallest absolute Gasteiger partial charge is 0.0323 e.